The average molecular weight is 687 g/mol. The maximum absolute atomic E-state index is 14.3. The molecule has 4 atom stereocenters. The van der Waals surface area contributed by atoms with E-state index in [0.29, 0.717) is 29.4 Å². The van der Waals surface area contributed by atoms with Crippen LogP contribution in [0.2, 0.25) is 5.02 Å². The maximum Gasteiger partial charge on any atom is 0.261 e. The number of hydrogen-bond acceptors (Lipinski definition) is 8. The topological polar surface area (TPSA) is 138 Å². The highest BCUT2D eigenvalue weighted by molar-refractivity contribution is 7.92. The summed E-state index contributed by atoms with van der Waals surface area (Å²) in [5.74, 6) is -0.552. The third-order valence-corrected chi connectivity index (χ3v) is 9.80. The minimum absolute atomic E-state index is 0.0148. The Bertz CT molecular complexity index is 1610. The SMILES string of the molecule is C[C@@H]1CCCCO[C@@H](CN(C)C(=O)c2ccncc2)[C@H](C)CN([C@H](C)CO)C(=O)c2cc(NS(=O)(=O)c3ccc(Cl)cc3)ccc2O1. The summed E-state index contributed by atoms with van der Waals surface area (Å²) in [6, 6.07) is 13.1. The van der Waals surface area contributed by atoms with Crippen LogP contribution in [0.15, 0.2) is 71.9 Å². The number of nitrogens with one attached hydrogen (secondary N) is 1. The zero-order chi connectivity index (χ0) is 34.1. The standard InChI is InChI=1S/C34H43ClN4O7S/c1-23-20-39(24(2)22-40)34(42)30-19-28(37-47(43,44)29-11-8-27(35)9-12-29)10-13-31(30)46-25(3)7-5-6-18-45-32(23)21-38(4)33(41)26-14-16-36-17-15-26/h8-17,19,23-25,32,37,40H,5-7,18,20-22H2,1-4H3/t23-,24-,25-,32+/m1/s1. The van der Waals surface area contributed by atoms with Crippen LogP contribution in [0, 0.1) is 5.92 Å². The number of aliphatic hydroxyl groups excluding tert-OH is 1. The van der Waals surface area contributed by atoms with E-state index in [9.17, 15) is 23.1 Å². The van der Waals surface area contributed by atoms with E-state index in [4.69, 9.17) is 21.1 Å². The monoisotopic (exact) mass is 686 g/mol. The molecular weight excluding hydrogens is 644 g/mol. The van der Waals surface area contributed by atoms with Crippen molar-refractivity contribution in [2.75, 3.05) is 38.1 Å². The Kier molecular flexibility index (Phi) is 12.6. The third-order valence-electron chi connectivity index (χ3n) is 8.16. The summed E-state index contributed by atoms with van der Waals surface area (Å²) in [7, 11) is -2.28. The van der Waals surface area contributed by atoms with Gasteiger partial charge in [-0.1, -0.05) is 18.5 Å². The van der Waals surface area contributed by atoms with Gasteiger partial charge in [-0.2, -0.15) is 0 Å². The highest BCUT2D eigenvalue weighted by Crippen LogP contribution is 2.30. The van der Waals surface area contributed by atoms with E-state index in [0.717, 1.165) is 12.8 Å². The van der Waals surface area contributed by atoms with E-state index in [2.05, 4.69) is 9.71 Å². The average Bonchev–Trinajstić information content (AvgIpc) is 3.06. The van der Waals surface area contributed by atoms with Crippen molar-refractivity contribution in [1.29, 1.82) is 0 Å². The number of pyridine rings is 1. The zero-order valence-electron chi connectivity index (χ0n) is 27.1. The Labute approximate surface area is 281 Å². The number of nitrogens with zero attached hydrogens (tertiary/aromatic N) is 3. The quantitative estimate of drug-likeness (QED) is 0.334. The van der Waals surface area contributed by atoms with Crippen molar-refractivity contribution >= 4 is 39.1 Å². The molecule has 11 nitrogen and oxygen atoms in total. The number of rotatable bonds is 8. The molecule has 2 amide bonds. The fraction of sp³-hybridized carbons (Fsp3) is 0.441. The molecule has 1 aliphatic rings. The minimum Gasteiger partial charge on any atom is -0.490 e. The number of ether oxygens (including phenoxy) is 2. The van der Waals surface area contributed by atoms with E-state index in [-0.39, 0.29) is 53.8 Å². The van der Waals surface area contributed by atoms with Gasteiger partial charge in [0.05, 0.1) is 35.3 Å². The summed E-state index contributed by atoms with van der Waals surface area (Å²) in [5.41, 5.74) is 0.835. The van der Waals surface area contributed by atoms with Crippen LogP contribution >= 0.6 is 11.6 Å². The Morgan fingerprint density at radius 2 is 1.83 bits per heavy atom. The van der Waals surface area contributed by atoms with Crippen molar-refractivity contribution in [3.63, 3.8) is 0 Å². The molecule has 1 aliphatic heterocycles. The molecule has 254 valence electrons. The number of fused-ring (bicyclic) bond motifs is 1. The van der Waals surface area contributed by atoms with Gasteiger partial charge in [0.1, 0.15) is 5.75 Å². The first kappa shape index (κ1) is 36.1. The van der Waals surface area contributed by atoms with Gasteiger partial charge in [0, 0.05) is 61.3 Å². The normalized spacial score (nSPS) is 20.3. The summed E-state index contributed by atoms with van der Waals surface area (Å²) in [6.07, 6.45) is 4.75. The number of carbonyl (C=O) groups is 2. The largest absolute Gasteiger partial charge is 0.490 e. The number of halogens is 1. The molecule has 0 unspecified atom stereocenters. The summed E-state index contributed by atoms with van der Waals surface area (Å²) in [4.78, 5) is 34.6. The van der Waals surface area contributed by atoms with Crippen LogP contribution in [0.25, 0.3) is 0 Å². The molecule has 0 radical (unpaired) electrons. The molecule has 1 aromatic heterocycles. The Balaban J connectivity index is 1.66. The molecule has 0 aliphatic carbocycles. The van der Waals surface area contributed by atoms with Crippen LogP contribution in [0.5, 0.6) is 5.75 Å². The van der Waals surface area contributed by atoms with Crippen LogP contribution in [-0.4, -0.2) is 91.7 Å². The van der Waals surface area contributed by atoms with Gasteiger partial charge in [-0.25, -0.2) is 8.42 Å². The van der Waals surface area contributed by atoms with Crippen molar-refractivity contribution in [3.05, 3.63) is 83.1 Å². The zero-order valence-corrected chi connectivity index (χ0v) is 28.7. The highest BCUT2D eigenvalue weighted by Gasteiger charge is 2.31. The van der Waals surface area contributed by atoms with Gasteiger partial charge in [-0.05, 0) is 87.7 Å². The van der Waals surface area contributed by atoms with Crippen molar-refractivity contribution < 1.29 is 32.6 Å². The number of amides is 2. The second kappa shape index (κ2) is 16.4. The number of aliphatic hydroxyl groups is 1. The number of anilines is 1. The second-order valence-corrected chi connectivity index (χ2v) is 14.1. The number of aromatic nitrogens is 1. The molecule has 3 aromatic rings. The molecule has 0 saturated carbocycles. The Morgan fingerprint density at radius 1 is 1.13 bits per heavy atom. The summed E-state index contributed by atoms with van der Waals surface area (Å²) in [6.45, 7) is 6.23. The number of hydrogen-bond donors (Lipinski definition) is 2. The van der Waals surface area contributed by atoms with Crippen molar-refractivity contribution in [2.45, 2.75) is 63.2 Å². The maximum atomic E-state index is 14.3. The first-order valence-electron chi connectivity index (χ1n) is 15.7. The first-order valence-corrected chi connectivity index (χ1v) is 17.5. The van der Waals surface area contributed by atoms with E-state index in [1.165, 1.54) is 30.3 Å². The molecule has 4 rings (SSSR count). The van der Waals surface area contributed by atoms with Gasteiger partial charge in [0.15, 0.2) is 0 Å². The third kappa shape index (κ3) is 9.66. The van der Waals surface area contributed by atoms with Crippen LogP contribution < -0.4 is 9.46 Å². The van der Waals surface area contributed by atoms with Crippen LogP contribution in [0.3, 0.4) is 0 Å². The fourth-order valence-corrected chi connectivity index (χ4v) is 6.52. The van der Waals surface area contributed by atoms with Gasteiger partial charge >= 0.3 is 0 Å². The predicted molar refractivity (Wildman–Crippen MR) is 180 cm³/mol. The van der Waals surface area contributed by atoms with Gasteiger partial charge in [-0.3, -0.25) is 19.3 Å². The van der Waals surface area contributed by atoms with Crippen molar-refractivity contribution in [3.8, 4) is 5.75 Å². The predicted octanol–water partition coefficient (Wildman–Crippen LogP) is 5.10. The summed E-state index contributed by atoms with van der Waals surface area (Å²) < 4.78 is 41.5. The lowest BCUT2D eigenvalue weighted by Crippen LogP contribution is -2.48. The van der Waals surface area contributed by atoms with Crippen molar-refractivity contribution in [1.82, 2.24) is 14.8 Å². The number of sulfonamides is 1. The second-order valence-electron chi connectivity index (χ2n) is 12.0. The Morgan fingerprint density at radius 3 is 2.51 bits per heavy atom. The van der Waals surface area contributed by atoms with Gasteiger partial charge < -0.3 is 24.4 Å². The van der Waals surface area contributed by atoms with Crippen molar-refractivity contribution in [2.24, 2.45) is 5.92 Å². The van der Waals surface area contributed by atoms with Crippen LogP contribution in [0.4, 0.5) is 5.69 Å². The molecule has 0 spiro atoms. The van der Waals surface area contributed by atoms with E-state index < -0.39 is 28.1 Å². The fourth-order valence-electron chi connectivity index (χ4n) is 5.34. The minimum atomic E-state index is -3.99. The van der Waals surface area contributed by atoms with Crippen LogP contribution in [-0.2, 0) is 14.8 Å². The molecule has 2 aromatic carbocycles. The lowest BCUT2D eigenvalue weighted by atomic mass is 10.0. The van der Waals surface area contributed by atoms with E-state index in [1.807, 2.05) is 13.8 Å². The molecule has 47 heavy (non-hydrogen) atoms. The first-order chi connectivity index (χ1) is 22.4. The summed E-state index contributed by atoms with van der Waals surface area (Å²) >= 11 is 5.94. The van der Waals surface area contributed by atoms with Gasteiger partial charge in [0.25, 0.3) is 21.8 Å². The molecule has 0 saturated heterocycles. The number of carbonyl (C=O) groups excluding carboxylic acids is 2. The molecule has 13 heteroatoms. The lowest BCUT2D eigenvalue weighted by Gasteiger charge is -2.36. The molecule has 2 heterocycles. The highest BCUT2D eigenvalue weighted by atomic mass is 35.5. The molecule has 0 bridgehead atoms. The van der Waals surface area contributed by atoms with E-state index >= 15 is 0 Å². The summed E-state index contributed by atoms with van der Waals surface area (Å²) in [5, 5.41) is 10.6. The molecular formula is C34H43ClN4O7S. The smallest absolute Gasteiger partial charge is 0.261 e. The number of likely N-dealkylation sites (N-methyl/N-ethyl adjacent to an activating group) is 1. The van der Waals surface area contributed by atoms with Crippen LogP contribution in [0.1, 0.15) is 60.7 Å². The van der Waals surface area contributed by atoms with E-state index in [1.54, 1.807) is 60.4 Å². The Hall–Kier alpha value is -3.71. The lowest BCUT2D eigenvalue weighted by molar-refractivity contribution is -0.0149. The van der Waals surface area contributed by atoms with Gasteiger partial charge in [-0.15, -0.1) is 0 Å². The molecule has 2 N–H and O–H groups in total. The number of benzene rings is 2. The molecule has 0 fully saturated rings. The van der Waals surface area contributed by atoms with Gasteiger partial charge in [0.2, 0.25) is 0 Å².